The van der Waals surface area contributed by atoms with Gasteiger partial charge in [0.2, 0.25) is 0 Å². The third kappa shape index (κ3) is 2.65. The molecule has 2 N–H and O–H groups in total. The maximum atomic E-state index is 10.4. The Morgan fingerprint density at radius 1 is 1.44 bits per heavy atom. The molecule has 18 heavy (non-hydrogen) atoms. The highest BCUT2D eigenvalue weighted by Gasteiger charge is 2.05. The summed E-state index contributed by atoms with van der Waals surface area (Å²) in [7, 11) is 1.59. The monoisotopic (exact) mass is 247 g/mol. The molecule has 0 saturated carbocycles. The first-order valence-corrected chi connectivity index (χ1v) is 5.45. The number of methoxy groups -OCH3 is 1. The van der Waals surface area contributed by atoms with E-state index >= 15 is 0 Å². The number of ether oxygens (including phenoxy) is 1. The lowest BCUT2D eigenvalue weighted by Gasteiger charge is -2.07. The predicted molar refractivity (Wildman–Crippen MR) is 66.8 cm³/mol. The van der Waals surface area contributed by atoms with Crippen molar-refractivity contribution in [3.8, 4) is 5.75 Å². The summed E-state index contributed by atoms with van der Waals surface area (Å²) in [5, 5.41) is 12.4. The summed E-state index contributed by atoms with van der Waals surface area (Å²) >= 11 is 0. The van der Waals surface area contributed by atoms with Crippen LogP contribution in [-0.4, -0.2) is 34.7 Å². The van der Waals surface area contributed by atoms with Gasteiger partial charge in [-0.25, -0.2) is 9.97 Å². The van der Waals surface area contributed by atoms with Crippen molar-refractivity contribution < 1.29 is 14.6 Å². The SMILES string of the molecule is COc1ccc2c(NCCC(=O)O)ncnc2c1. The fourth-order valence-corrected chi connectivity index (χ4v) is 1.59. The van der Waals surface area contributed by atoms with Gasteiger partial charge in [0.05, 0.1) is 19.0 Å². The van der Waals surface area contributed by atoms with Crippen LogP contribution in [0.2, 0.25) is 0 Å². The van der Waals surface area contributed by atoms with Gasteiger partial charge in [-0.05, 0) is 12.1 Å². The van der Waals surface area contributed by atoms with Crippen LogP contribution in [0, 0.1) is 0 Å². The minimum atomic E-state index is -0.845. The molecule has 0 bridgehead atoms. The molecule has 0 spiro atoms. The van der Waals surface area contributed by atoms with Crippen molar-refractivity contribution in [2.24, 2.45) is 0 Å². The van der Waals surface area contributed by atoms with E-state index in [-0.39, 0.29) is 6.42 Å². The highest BCUT2D eigenvalue weighted by atomic mass is 16.5. The minimum absolute atomic E-state index is 0.0433. The molecule has 2 aromatic rings. The number of hydrogen-bond donors (Lipinski definition) is 2. The van der Waals surface area contributed by atoms with Crippen LogP contribution in [0.25, 0.3) is 10.9 Å². The molecule has 0 amide bonds. The molecule has 0 aliphatic heterocycles. The molecule has 1 aromatic carbocycles. The van der Waals surface area contributed by atoms with Crippen molar-refractivity contribution in [3.05, 3.63) is 24.5 Å². The summed E-state index contributed by atoms with van der Waals surface area (Å²) in [6.45, 7) is 0.327. The van der Waals surface area contributed by atoms with E-state index in [0.29, 0.717) is 12.4 Å². The maximum Gasteiger partial charge on any atom is 0.305 e. The van der Waals surface area contributed by atoms with Crippen molar-refractivity contribution in [2.45, 2.75) is 6.42 Å². The van der Waals surface area contributed by atoms with Gasteiger partial charge in [0.15, 0.2) is 0 Å². The lowest BCUT2D eigenvalue weighted by molar-refractivity contribution is -0.136. The summed E-state index contributed by atoms with van der Waals surface area (Å²) in [5.41, 5.74) is 0.752. The molecular weight excluding hydrogens is 234 g/mol. The van der Waals surface area contributed by atoms with Crippen molar-refractivity contribution in [3.63, 3.8) is 0 Å². The summed E-state index contributed by atoms with van der Waals surface area (Å²) in [6.07, 6.45) is 1.48. The topological polar surface area (TPSA) is 84.3 Å². The van der Waals surface area contributed by atoms with E-state index in [9.17, 15) is 4.79 Å². The van der Waals surface area contributed by atoms with Gasteiger partial charge < -0.3 is 15.2 Å². The quantitative estimate of drug-likeness (QED) is 0.833. The number of hydrogen-bond acceptors (Lipinski definition) is 5. The van der Waals surface area contributed by atoms with E-state index in [1.54, 1.807) is 13.2 Å². The number of nitrogens with zero attached hydrogens (tertiary/aromatic N) is 2. The Bertz CT molecular complexity index is 571. The average Bonchev–Trinajstić information content (AvgIpc) is 2.38. The van der Waals surface area contributed by atoms with E-state index in [1.807, 2.05) is 12.1 Å². The number of carboxylic acids is 1. The molecule has 2 rings (SSSR count). The zero-order chi connectivity index (χ0) is 13.0. The Balaban J connectivity index is 2.25. The summed E-state index contributed by atoms with van der Waals surface area (Å²) in [6, 6.07) is 5.46. The van der Waals surface area contributed by atoms with Crippen LogP contribution in [0.15, 0.2) is 24.5 Å². The molecule has 0 atom stereocenters. The molecule has 0 aliphatic carbocycles. The highest BCUT2D eigenvalue weighted by Crippen LogP contribution is 2.23. The van der Waals surface area contributed by atoms with Gasteiger partial charge in [-0.2, -0.15) is 0 Å². The first-order chi connectivity index (χ1) is 8.70. The first-order valence-electron chi connectivity index (χ1n) is 5.45. The van der Waals surface area contributed by atoms with E-state index in [2.05, 4.69) is 15.3 Å². The molecule has 0 radical (unpaired) electrons. The molecule has 94 valence electrons. The maximum absolute atomic E-state index is 10.4. The van der Waals surface area contributed by atoms with Crippen LogP contribution in [0.3, 0.4) is 0 Å². The number of carbonyl (C=O) groups is 1. The number of fused-ring (bicyclic) bond motifs is 1. The second kappa shape index (κ2) is 5.31. The number of benzene rings is 1. The van der Waals surface area contributed by atoms with Crippen LogP contribution in [0.4, 0.5) is 5.82 Å². The van der Waals surface area contributed by atoms with E-state index < -0.39 is 5.97 Å². The van der Waals surface area contributed by atoms with Crippen LogP contribution in [0.5, 0.6) is 5.75 Å². The Morgan fingerprint density at radius 2 is 2.28 bits per heavy atom. The fourth-order valence-electron chi connectivity index (χ4n) is 1.59. The van der Waals surface area contributed by atoms with Gasteiger partial charge in [-0.15, -0.1) is 0 Å². The van der Waals surface area contributed by atoms with Crippen molar-refractivity contribution in [2.75, 3.05) is 19.0 Å². The normalized spacial score (nSPS) is 10.3. The van der Waals surface area contributed by atoms with Gasteiger partial charge in [-0.3, -0.25) is 4.79 Å². The van der Waals surface area contributed by atoms with Gasteiger partial charge in [0.25, 0.3) is 0 Å². The van der Waals surface area contributed by atoms with Crippen molar-refractivity contribution >= 4 is 22.7 Å². The largest absolute Gasteiger partial charge is 0.497 e. The molecule has 1 heterocycles. The smallest absolute Gasteiger partial charge is 0.305 e. The number of aliphatic carboxylic acids is 1. The Labute approximate surface area is 104 Å². The van der Waals surface area contributed by atoms with E-state index in [0.717, 1.165) is 16.7 Å². The Hall–Kier alpha value is -2.37. The third-order valence-corrected chi connectivity index (χ3v) is 2.47. The molecule has 0 unspecified atom stereocenters. The van der Waals surface area contributed by atoms with E-state index in [1.165, 1.54) is 6.33 Å². The number of nitrogens with one attached hydrogen (secondary N) is 1. The minimum Gasteiger partial charge on any atom is -0.497 e. The molecule has 0 fully saturated rings. The van der Waals surface area contributed by atoms with Gasteiger partial charge in [-0.1, -0.05) is 0 Å². The molecule has 0 saturated heterocycles. The summed E-state index contributed by atoms with van der Waals surface area (Å²) in [4.78, 5) is 18.7. The van der Waals surface area contributed by atoms with Crippen molar-refractivity contribution in [1.29, 1.82) is 0 Å². The van der Waals surface area contributed by atoms with Crippen LogP contribution < -0.4 is 10.1 Å². The molecule has 1 aromatic heterocycles. The molecule has 6 heteroatoms. The molecular formula is C12H13N3O3. The second-order valence-corrected chi connectivity index (χ2v) is 3.68. The van der Waals surface area contributed by atoms with Crippen LogP contribution in [-0.2, 0) is 4.79 Å². The van der Waals surface area contributed by atoms with Gasteiger partial charge in [0.1, 0.15) is 17.9 Å². The van der Waals surface area contributed by atoms with Gasteiger partial charge in [0, 0.05) is 18.0 Å². The third-order valence-electron chi connectivity index (χ3n) is 2.47. The average molecular weight is 247 g/mol. The van der Waals surface area contributed by atoms with Crippen LogP contribution in [0.1, 0.15) is 6.42 Å². The Kier molecular flexibility index (Phi) is 3.57. The number of anilines is 1. The lowest BCUT2D eigenvalue weighted by atomic mass is 10.2. The summed E-state index contributed by atoms with van der Waals surface area (Å²) < 4.78 is 5.12. The number of carboxylic acid groups (broad SMARTS) is 1. The zero-order valence-corrected chi connectivity index (χ0v) is 9.88. The molecule has 6 nitrogen and oxygen atoms in total. The molecule has 0 aliphatic rings. The Morgan fingerprint density at radius 3 is 3.00 bits per heavy atom. The first kappa shape index (κ1) is 12.1. The van der Waals surface area contributed by atoms with Crippen LogP contribution >= 0.6 is 0 Å². The van der Waals surface area contributed by atoms with Crippen molar-refractivity contribution in [1.82, 2.24) is 9.97 Å². The lowest BCUT2D eigenvalue weighted by Crippen LogP contribution is -2.09. The fraction of sp³-hybridized carbons (Fsp3) is 0.250. The number of aromatic nitrogens is 2. The number of rotatable bonds is 5. The standard InChI is InChI=1S/C12H13N3O3/c1-18-8-2-3-9-10(6-8)14-7-15-12(9)13-5-4-11(16)17/h2-3,6-7H,4-5H2,1H3,(H,16,17)(H,13,14,15). The summed E-state index contributed by atoms with van der Waals surface area (Å²) in [5.74, 6) is 0.504. The zero-order valence-electron chi connectivity index (χ0n) is 9.88. The highest BCUT2D eigenvalue weighted by molar-refractivity contribution is 5.89. The second-order valence-electron chi connectivity index (χ2n) is 3.68. The van der Waals surface area contributed by atoms with Gasteiger partial charge >= 0.3 is 5.97 Å². The van der Waals surface area contributed by atoms with E-state index in [4.69, 9.17) is 9.84 Å². The predicted octanol–water partition coefficient (Wildman–Crippen LogP) is 1.52.